The quantitative estimate of drug-likeness (QED) is 0.719. The van der Waals surface area contributed by atoms with E-state index < -0.39 is 0 Å². The summed E-state index contributed by atoms with van der Waals surface area (Å²) in [5.74, 6) is -0.362. The van der Waals surface area contributed by atoms with Gasteiger partial charge in [0.25, 0.3) is 0 Å². The van der Waals surface area contributed by atoms with Crippen LogP contribution in [0.4, 0.5) is 10.1 Å². The Kier molecular flexibility index (Phi) is 3.13. The molecular formula is C15H12ClFN2. The highest BCUT2D eigenvalue weighted by Crippen LogP contribution is 2.21. The lowest BCUT2D eigenvalue weighted by Gasteiger charge is -2.08. The van der Waals surface area contributed by atoms with Gasteiger partial charge in [0.05, 0.1) is 5.02 Å². The zero-order valence-corrected chi connectivity index (χ0v) is 10.8. The summed E-state index contributed by atoms with van der Waals surface area (Å²) in [6.07, 6.45) is 1.89. The van der Waals surface area contributed by atoms with Crippen LogP contribution in [0.25, 0.3) is 10.9 Å². The Labute approximate surface area is 115 Å². The molecule has 3 aromatic rings. The van der Waals surface area contributed by atoms with E-state index in [0.29, 0.717) is 12.1 Å². The Morgan fingerprint density at radius 3 is 2.95 bits per heavy atom. The molecule has 0 amide bonds. The molecule has 0 radical (unpaired) electrons. The van der Waals surface area contributed by atoms with Gasteiger partial charge in [-0.05, 0) is 30.3 Å². The molecule has 0 fully saturated rings. The van der Waals surface area contributed by atoms with Gasteiger partial charge >= 0.3 is 0 Å². The number of hydrogen-bond acceptors (Lipinski definition) is 1. The normalized spacial score (nSPS) is 10.8. The number of H-pyrrole nitrogens is 1. The van der Waals surface area contributed by atoms with E-state index in [1.54, 1.807) is 18.2 Å². The van der Waals surface area contributed by atoms with E-state index in [-0.39, 0.29) is 10.8 Å². The van der Waals surface area contributed by atoms with Crippen molar-refractivity contribution in [2.45, 2.75) is 6.54 Å². The second-order valence-corrected chi connectivity index (χ2v) is 4.75. The molecule has 3 rings (SSSR count). The van der Waals surface area contributed by atoms with E-state index in [9.17, 15) is 4.39 Å². The lowest BCUT2D eigenvalue weighted by molar-refractivity contribution is 0.613. The van der Waals surface area contributed by atoms with Crippen molar-refractivity contribution in [1.29, 1.82) is 0 Å². The highest BCUT2D eigenvalue weighted by molar-refractivity contribution is 6.30. The van der Waals surface area contributed by atoms with Crippen LogP contribution in [0.1, 0.15) is 5.56 Å². The Balaban J connectivity index is 1.80. The molecule has 0 spiro atoms. The monoisotopic (exact) mass is 274 g/mol. The van der Waals surface area contributed by atoms with Crippen molar-refractivity contribution in [2.24, 2.45) is 0 Å². The van der Waals surface area contributed by atoms with Crippen molar-refractivity contribution in [2.75, 3.05) is 5.32 Å². The number of halogens is 2. The standard InChI is InChI=1S/C15H12ClFN2/c16-13-3-1-2-11(15(13)17)9-19-12-4-5-14-10(8-12)6-7-18-14/h1-8,18-19H,9H2. The van der Waals surface area contributed by atoms with Crippen LogP contribution in [0.3, 0.4) is 0 Å². The maximum Gasteiger partial charge on any atom is 0.146 e. The molecule has 0 aliphatic heterocycles. The van der Waals surface area contributed by atoms with Gasteiger partial charge < -0.3 is 10.3 Å². The number of aromatic amines is 1. The Morgan fingerprint density at radius 2 is 2.05 bits per heavy atom. The number of aromatic nitrogens is 1. The average Bonchev–Trinajstić information content (AvgIpc) is 2.88. The molecule has 2 aromatic carbocycles. The summed E-state index contributed by atoms with van der Waals surface area (Å²) in [6.45, 7) is 0.405. The van der Waals surface area contributed by atoms with E-state index in [2.05, 4.69) is 10.3 Å². The number of fused-ring (bicyclic) bond motifs is 1. The zero-order chi connectivity index (χ0) is 13.2. The number of anilines is 1. The first-order chi connectivity index (χ1) is 9.24. The third kappa shape index (κ3) is 2.42. The van der Waals surface area contributed by atoms with Gasteiger partial charge in [-0.25, -0.2) is 4.39 Å². The molecule has 2 nitrogen and oxygen atoms in total. The Morgan fingerprint density at radius 1 is 1.16 bits per heavy atom. The largest absolute Gasteiger partial charge is 0.381 e. The number of rotatable bonds is 3. The molecule has 0 aliphatic carbocycles. The summed E-state index contributed by atoms with van der Waals surface area (Å²) >= 11 is 5.75. The van der Waals surface area contributed by atoms with Crippen molar-refractivity contribution in [3.05, 3.63) is 65.1 Å². The number of benzene rings is 2. The molecule has 19 heavy (non-hydrogen) atoms. The smallest absolute Gasteiger partial charge is 0.146 e. The van der Waals surface area contributed by atoms with Crippen LogP contribution in [0, 0.1) is 5.82 Å². The van der Waals surface area contributed by atoms with Gasteiger partial charge in [-0.3, -0.25) is 0 Å². The fourth-order valence-electron chi connectivity index (χ4n) is 2.05. The summed E-state index contributed by atoms with van der Waals surface area (Å²) in [7, 11) is 0. The van der Waals surface area contributed by atoms with Crippen molar-refractivity contribution in [3.63, 3.8) is 0 Å². The predicted molar refractivity (Wildman–Crippen MR) is 77.0 cm³/mol. The first-order valence-corrected chi connectivity index (χ1v) is 6.36. The fourth-order valence-corrected chi connectivity index (χ4v) is 2.24. The molecule has 2 N–H and O–H groups in total. The highest BCUT2D eigenvalue weighted by Gasteiger charge is 2.05. The first kappa shape index (κ1) is 12.1. The topological polar surface area (TPSA) is 27.8 Å². The van der Waals surface area contributed by atoms with Crippen molar-refractivity contribution >= 4 is 28.2 Å². The van der Waals surface area contributed by atoms with Gasteiger partial charge in [0, 0.05) is 34.9 Å². The molecule has 0 bridgehead atoms. The molecule has 0 atom stereocenters. The Hall–Kier alpha value is -2.00. The van der Waals surface area contributed by atoms with Crippen LogP contribution < -0.4 is 5.32 Å². The third-order valence-electron chi connectivity index (χ3n) is 3.07. The molecule has 0 saturated heterocycles. The van der Waals surface area contributed by atoms with Crippen LogP contribution in [0.2, 0.25) is 5.02 Å². The minimum atomic E-state index is -0.362. The minimum absolute atomic E-state index is 0.153. The first-order valence-electron chi connectivity index (χ1n) is 5.98. The molecule has 0 saturated carbocycles. The van der Waals surface area contributed by atoms with Gasteiger partial charge in [0.1, 0.15) is 5.82 Å². The lowest BCUT2D eigenvalue weighted by atomic mass is 10.2. The molecule has 4 heteroatoms. The van der Waals surface area contributed by atoms with Crippen LogP contribution >= 0.6 is 11.6 Å². The van der Waals surface area contributed by atoms with Gasteiger partial charge in [0.2, 0.25) is 0 Å². The molecule has 1 heterocycles. The molecule has 96 valence electrons. The summed E-state index contributed by atoms with van der Waals surface area (Å²) in [5, 5.41) is 4.47. The summed E-state index contributed by atoms with van der Waals surface area (Å²) in [5.41, 5.74) is 2.59. The van der Waals surface area contributed by atoms with Gasteiger partial charge in [-0.1, -0.05) is 23.7 Å². The second-order valence-electron chi connectivity index (χ2n) is 4.35. The van der Waals surface area contributed by atoms with Gasteiger partial charge in [-0.2, -0.15) is 0 Å². The van der Waals surface area contributed by atoms with Crippen LogP contribution in [-0.4, -0.2) is 4.98 Å². The third-order valence-corrected chi connectivity index (χ3v) is 3.36. The van der Waals surface area contributed by atoms with E-state index in [0.717, 1.165) is 16.6 Å². The predicted octanol–water partition coefficient (Wildman–Crippen LogP) is 4.57. The van der Waals surface area contributed by atoms with Crippen molar-refractivity contribution in [3.8, 4) is 0 Å². The summed E-state index contributed by atoms with van der Waals surface area (Å²) in [6, 6.07) is 13.0. The maximum absolute atomic E-state index is 13.7. The SMILES string of the molecule is Fc1c(Cl)cccc1CNc1ccc2[nH]ccc2c1. The van der Waals surface area contributed by atoms with Crippen LogP contribution in [-0.2, 0) is 6.54 Å². The summed E-state index contributed by atoms with van der Waals surface area (Å²) < 4.78 is 13.7. The molecule has 1 aromatic heterocycles. The fraction of sp³-hybridized carbons (Fsp3) is 0.0667. The molecule has 0 aliphatic rings. The van der Waals surface area contributed by atoms with E-state index in [4.69, 9.17) is 11.6 Å². The van der Waals surface area contributed by atoms with E-state index >= 15 is 0 Å². The summed E-state index contributed by atoms with van der Waals surface area (Å²) in [4.78, 5) is 3.13. The maximum atomic E-state index is 13.7. The van der Waals surface area contributed by atoms with Crippen LogP contribution in [0.5, 0.6) is 0 Å². The van der Waals surface area contributed by atoms with Gasteiger partial charge in [0.15, 0.2) is 0 Å². The number of nitrogens with one attached hydrogen (secondary N) is 2. The zero-order valence-electron chi connectivity index (χ0n) is 10.1. The highest BCUT2D eigenvalue weighted by atomic mass is 35.5. The average molecular weight is 275 g/mol. The van der Waals surface area contributed by atoms with E-state index in [1.807, 2.05) is 30.5 Å². The van der Waals surface area contributed by atoms with Gasteiger partial charge in [-0.15, -0.1) is 0 Å². The number of hydrogen-bond donors (Lipinski definition) is 2. The Bertz CT molecular complexity index is 721. The molecule has 0 unspecified atom stereocenters. The van der Waals surface area contributed by atoms with E-state index in [1.165, 1.54) is 0 Å². The van der Waals surface area contributed by atoms with Crippen molar-refractivity contribution < 1.29 is 4.39 Å². The second kappa shape index (κ2) is 4.94. The minimum Gasteiger partial charge on any atom is -0.381 e. The van der Waals surface area contributed by atoms with Crippen LogP contribution in [0.15, 0.2) is 48.7 Å². The molecular weight excluding hydrogens is 263 g/mol. The lowest BCUT2D eigenvalue weighted by Crippen LogP contribution is -2.01. The van der Waals surface area contributed by atoms with Crippen molar-refractivity contribution in [1.82, 2.24) is 4.98 Å².